The fraction of sp³-hybridized carbons (Fsp3) is 0.375. The highest BCUT2D eigenvalue weighted by atomic mass is 15.1. The van der Waals surface area contributed by atoms with E-state index in [0.29, 0.717) is 0 Å². The Balaban J connectivity index is 2.07. The minimum Gasteiger partial charge on any atom is -0.370 e. The number of benzene rings is 1. The molecule has 20 heavy (non-hydrogen) atoms. The Bertz CT molecular complexity index is 513. The van der Waals surface area contributed by atoms with Crippen LogP contribution in [0.2, 0.25) is 0 Å². The third-order valence-electron chi connectivity index (χ3n) is 3.16. The molecule has 0 fully saturated rings. The highest BCUT2D eigenvalue weighted by Crippen LogP contribution is 2.21. The zero-order valence-corrected chi connectivity index (χ0v) is 12.1. The minimum absolute atomic E-state index is 0.269. The van der Waals surface area contributed by atoms with Crippen molar-refractivity contribution < 1.29 is 0 Å². The summed E-state index contributed by atoms with van der Waals surface area (Å²) in [6.45, 7) is 5.23. The number of rotatable bonds is 7. The standard InChI is InChI=1S/C16H22N4/c1-3-10-17-15-11-16(19-12-18-15)20-14(4-2)13-8-6-5-7-9-13/h5-9,11-12,14H,3-4,10H2,1-2H3,(H2,17,18,19,20). The van der Waals surface area contributed by atoms with Crippen molar-refractivity contribution in [1.29, 1.82) is 0 Å². The molecular weight excluding hydrogens is 248 g/mol. The SMILES string of the molecule is CCCNc1cc(NC(CC)c2ccccc2)ncn1. The third-order valence-corrected chi connectivity index (χ3v) is 3.16. The molecule has 2 rings (SSSR count). The molecule has 0 aliphatic rings. The first kappa shape index (κ1) is 14.3. The quantitative estimate of drug-likeness (QED) is 0.802. The largest absolute Gasteiger partial charge is 0.370 e. The number of hydrogen-bond acceptors (Lipinski definition) is 4. The molecule has 0 saturated carbocycles. The number of anilines is 2. The van der Waals surface area contributed by atoms with Gasteiger partial charge in [0.05, 0.1) is 6.04 Å². The van der Waals surface area contributed by atoms with E-state index in [0.717, 1.165) is 31.0 Å². The molecule has 0 aliphatic carbocycles. The van der Waals surface area contributed by atoms with E-state index in [1.165, 1.54) is 5.56 Å². The summed E-state index contributed by atoms with van der Waals surface area (Å²) in [7, 11) is 0. The summed E-state index contributed by atoms with van der Waals surface area (Å²) in [5.74, 6) is 1.72. The Hall–Kier alpha value is -2.10. The Morgan fingerprint density at radius 2 is 1.80 bits per heavy atom. The van der Waals surface area contributed by atoms with Crippen LogP contribution in [0.1, 0.15) is 38.3 Å². The topological polar surface area (TPSA) is 49.8 Å². The Labute approximate surface area is 120 Å². The molecule has 0 bridgehead atoms. The molecule has 1 unspecified atom stereocenters. The van der Waals surface area contributed by atoms with Crippen LogP contribution in [0.25, 0.3) is 0 Å². The van der Waals surface area contributed by atoms with Crippen molar-refractivity contribution in [3.63, 3.8) is 0 Å². The zero-order chi connectivity index (χ0) is 14.2. The molecule has 4 nitrogen and oxygen atoms in total. The molecular formula is C16H22N4. The van der Waals surface area contributed by atoms with Gasteiger partial charge in [0, 0.05) is 12.6 Å². The van der Waals surface area contributed by atoms with E-state index in [4.69, 9.17) is 0 Å². The van der Waals surface area contributed by atoms with Crippen LogP contribution in [0, 0.1) is 0 Å². The van der Waals surface area contributed by atoms with Gasteiger partial charge in [-0.1, -0.05) is 44.2 Å². The van der Waals surface area contributed by atoms with Crippen LogP contribution in [-0.4, -0.2) is 16.5 Å². The average molecular weight is 270 g/mol. The Morgan fingerprint density at radius 1 is 1.05 bits per heavy atom. The fourth-order valence-electron chi connectivity index (χ4n) is 2.07. The van der Waals surface area contributed by atoms with Gasteiger partial charge in [-0.3, -0.25) is 0 Å². The predicted molar refractivity (Wildman–Crippen MR) is 83.9 cm³/mol. The van der Waals surface area contributed by atoms with Crippen LogP contribution in [0.3, 0.4) is 0 Å². The zero-order valence-electron chi connectivity index (χ0n) is 12.1. The number of hydrogen-bond donors (Lipinski definition) is 2. The first-order chi connectivity index (χ1) is 9.83. The van der Waals surface area contributed by atoms with E-state index in [-0.39, 0.29) is 6.04 Å². The second kappa shape index (κ2) is 7.48. The molecule has 0 aliphatic heterocycles. The summed E-state index contributed by atoms with van der Waals surface area (Å²) in [4.78, 5) is 8.52. The van der Waals surface area contributed by atoms with E-state index in [9.17, 15) is 0 Å². The minimum atomic E-state index is 0.269. The summed E-state index contributed by atoms with van der Waals surface area (Å²) >= 11 is 0. The summed E-state index contributed by atoms with van der Waals surface area (Å²) in [6, 6.07) is 12.7. The summed E-state index contributed by atoms with van der Waals surface area (Å²) < 4.78 is 0. The molecule has 0 amide bonds. The highest BCUT2D eigenvalue weighted by molar-refractivity contribution is 5.47. The molecule has 0 saturated heterocycles. The lowest BCUT2D eigenvalue weighted by atomic mass is 10.0. The summed E-state index contributed by atoms with van der Waals surface area (Å²) in [5, 5.41) is 6.75. The van der Waals surface area contributed by atoms with Gasteiger partial charge >= 0.3 is 0 Å². The molecule has 0 radical (unpaired) electrons. The van der Waals surface area contributed by atoms with Gasteiger partial charge in [0.2, 0.25) is 0 Å². The van der Waals surface area contributed by atoms with E-state index in [1.807, 2.05) is 12.1 Å². The number of nitrogens with zero attached hydrogens (tertiary/aromatic N) is 2. The molecule has 4 heteroatoms. The Morgan fingerprint density at radius 3 is 2.50 bits per heavy atom. The van der Waals surface area contributed by atoms with Crippen LogP contribution in [0.15, 0.2) is 42.7 Å². The van der Waals surface area contributed by atoms with E-state index in [1.54, 1.807) is 6.33 Å². The van der Waals surface area contributed by atoms with Gasteiger partial charge in [-0.15, -0.1) is 0 Å². The maximum absolute atomic E-state index is 4.30. The molecule has 1 aromatic heterocycles. The lowest BCUT2D eigenvalue weighted by Gasteiger charge is -2.18. The second-order valence-corrected chi connectivity index (χ2v) is 4.73. The fourth-order valence-corrected chi connectivity index (χ4v) is 2.07. The summed E-state index contributed by atoms with van der Waals surface area (Å²) in [5.41, 5.74) is 1.27. The van der Waals surface area contributed by atoms with Crippen LogP contribution in [-0.2, 0) is 0 Å². The Kier molecular flexibility index (Phi) is 5.35. The van der Waals surface area contributed by atoms with Gasteiger partial charge in [-0.25, -0.2) is 9.97 Å². The maximum atomic E-state index is 4.30. The van der Waals surface area contributed by atoms with Crippen molar-refractivity contribution >= 4 is 11.6 Å². The van der Waals surface area contributed by atoms with Crippen molar-refractivity contribution in [3.8, 4) is 0 Å². The second-order valence-electron chi connectivity index (χ2n) is 4.73. The van der Waals surface area contributed by atoms with Gasteiger partial charge in [0.15, 0.2) is 0 Å². The first-order valence-electron chi connectivity index (χ1n) is 7.21. The molecule has 2 N–H and O–H groups in total. The molecule has 1 atom stereocenters. The van der Waals surface area contributed by atoms with Crippen molar-refractivity contribution in [2.24, 2.45) is 0 Å². The maximum Gasteiger partial charge on any atom is 0.131 e. The van der Waals surface area contributed by atoms with Gasteiger partial charge in [0.1, 0.15) is 18.0 Å². The lowest BCUT2D eigenvalue weighted by molar-refractivity contribution is 0.744. The van der Waals surface area contributed by atoms with Crippen LogP contribution in [0.5, 0.6) is 0 Å². The van der Waals surface area contributed by atoms with Crippen LogP contribution in [0.4, 0.5) is 11.6 Å². The van der Waals surface area contributed by atoms with E-state index < -0.39 is 0 Å². The normalized spacial score (nSPS) is 11.9. The average Bonchev–Trinajstić information content (AvgIpc) is 2.52. The van der Waals surface area contributed by atoms with Crippen molar-refractivity contribution in [2.45, 2.75) is 32.7 Å². The van der Waals surface area contributed by atoms with Gasteiger partial charge in [0.25, 0.3) is 0 Å². The molecule has 0 spiro atoms. The smallest absolute Gasteiger partial charge is 0.131 e. The van der Waals surface area contributed by atoms with E-state index in [2.05, 4.69) is 58.7 Å². The van der Waals surface area contributed by atoms with E-state index >= 15 is 0 Å². The number of aromatic nitrogens is 2. The van der Waals surface area contributed by atoms with Crippen molar-refractivity contribution in [2.75, 3.05) is 17.2 Å². The molecule has 1 heterocycles. The third kappa shape index (κ3) is 3.95. The van der Waals surface area contributed by atoms with Crippen LogP contribution < -0.4 is 10.6 Å². The van der Waals surface area contributed by atoms with Gasteiger partial charge in [-0.05, 0) is 18.4 Å². The van der Waals surface area contributed by atoms with Crippen molar-refractivity contribution in [1.82, 2.24) is 9.97 Å². The number of nitrogens with one attached hydrogen (secondary N) is 2. The van der Waals surface area contributed by atoms with Crippen molar-refractivity contribution in [3.05, 3.63) is 48.3 Å². The van der Waals surface area contributed by atoms with Crippen LogP contribution >= 0.6 is 0 Å². The molecule has 106 valence electrons. The molecule has 2 aromatic rings. The summed E-state index contributed by atoms with van der Waals surface area (Å²) in [6.07, 6.45) is 3.68. The lowest BCUT2D eigenvalue weighted by Crippen LogP contribution is -2.11. The van der Waals surface area contributed by atoms with Gasteiger partial charge in [-0.2, -0.15) is 0 Å². The molecule has 1 aromatic carbocycles. The predicted octanol–water partition coefficient (Wildman–Crippen LogP) is 3.86. The monoisotopic (exact) mass is 270 g/mol. The van der Waals surface area contributed by atoms with Gasteiger partial charge < -0.3 is 10.6 Å². The highest BCUT2D eigenvalue weighted by Gasteiger charge is 2.09. The first-order valence-corrected chi connectivity index (χ1v) is 7.21.